The molecule has 0 bridgehead atoms. The third kappa shape index (κ3) is 5.77. The Balaban J connectivity index is 1.96. The van der Waals surface area contributed by atoms with Crippen LogP contribution in [-0.4, -0.2) is 40.5 Å². The second kappa shape index (κ2) is 8.97. The predicted molar refractivity (Wildman–Crippen MR) is 106 cm³/mol. The second-order valence-electron chi connectivity index (χ2n) is 7.46. The summed E-state index contributed by atoms with van der Waals surface area (Å²) in [6.07, 6.45) is 2.65. The average molecular weight is 374 g/mol. The second-order valence-corrected chi connectivity index (χ2v) is 7.46. The van der Waals surface area contributed by atoms with E-state index >= 15 is 0 Å². The number of aryl methyl sites for hydroxylation is 3. The maximum absolute atomic E-state index is 12.4. The lowest BCUT2D eigenvalue weighted by atomic mass is 10.0. The number of hydrogen-bond acceptors (Lipinski definition) is 6. The molecule has 0 spiro atoms. The molecule has 0 aliphatic heterocycles. The van der Waals surface area contributed by atoms with E-state index in [1.54, 1.807) is 13.1 Å². The Kier molecular flexibility index (Phi) is 6.93. The van der Waals surface area contributed by atoms with Crippen LogP contribution in [0.1, 0.15) is 49.0 Å². The molecule has 1 N–H and O–H groups in total. The molecule has 2 rings (SSSR count). The van der Waals surface area contributed by atoms with Crippen molar-refractivity contribution in [3.63, 3.8) is 0 Å². The first kappa shape index (κ1) is 20.9. The van der Waals surface area contributed by atoms with Crippen molar-refractivity contribution >= 4 is 11.7 Å². The van der Waals surface area contributed by atoms with Gasteiger partial charge in [0.15, 0.2) is 5.89 Å². The zero-order chi connectivity index (χ0) is 20.1. The first-order valence-corrected chi connectivity index (χ1v) is 9.41. The first-order valence-electron chi connectivity index (χ1n) is 9.41. The maximum atomic E-state index is 12.4. The van der Waals surface area contributed by atoms with E-state index in [1.165, 1.54) is 0 Å². The van der Waals surface area contributed by atoms with E-state index < -0.39 is 0 Å². The van der Waals surface area contributed by atoms with Gasteiger partial charge in [-0.2, -0.15) is 0 Å². The molecule has 0 saturated carbocycles. The smallest absolute Gasteiger partial charge is 0.227 e. The van der Waals surface area contributed by atoms with Crippen LogP contribution >= 0.6 is 0 Å². The molecular weight excluding hydrogens is 342 g/mol. The fraction of sp³-hybridized carbons (Fsp3) is 0.600. The SMILES string of the molecule is Cc1nc(C)c(C)c(N(C)CCC(NC(=O)Cc2cnc(C)o2)C(C)C)n1. The molecule has 2 aromatic rings. The minimum Gasteiger partial charge on any atom is -0.446 e. The van der Waals surface area contributed by atoms with Crippen molar-refractivity contribution < 1.29 is 9.21 Å². The molecule has 7 nitrogen and oxygen atoms in total. The highest BCUT2D eigenvalue weighted by atomic mass is 16.4. The van der Waals surface area contributed by atoms with Crippen LogP contribution in [0, 0.1) is 33.6 Å². The summed E-state index contributed by atoms with van der Waals surface area (Å²) >= 11 is 0. The minimum absolute atomic E-state index is 0.0441. The van der Waals surface area contributed by atoms with Crippen LogP contribution in [-0.2, 0) is 11.2 Å². The molecule has 0 saturated heterocycles. The number of aromatic nitrogens is 3. The fourth-order valence-electron chi connectivity index (χ4n) is 3.04. The van der Waals surface area contributed by atoms with Gasteiger partial charge in [0.2, 0.25) is 5.91 Å². The Bertz CT molecular complexity index is 785. The Morgan fingerprint density at radius 3 is 2.52 bits per heavy atom. The number of amides is 1. The normalized spacial score (nSPS) is 12.3. The van der Waals surface area contributed by atoms with Crippen LogP contribution < -0.4 is 10.2 Å². The number of rotatable bonds is 8. The number of anilines is 1. The lowest BCUT2D eigenvalue weighted by molar-refractivity contribution is -0.121. The van der Waals surface area contributed by atoms with Gasteiger partial charge in [0.25, 0.3) is 0 Å². The molecular formula is C20H31N5O2. The van der Waals surface area contributed by atoms with Gasteiger partial charge in [-0.25, -0.2) is 15.0 Å². The van der Waals surface area contributed by atoms with E-state index in [2.05, 4.69) is 39.0 Å². The number of carbonyl (C=O) groups is 1. The Hall–Kier alpha value is -2.44. The zero-order valence-corrected chi connectivity index (χ0v) is 17.5. The highest BCUT2D eigenvalue weighted by molar-refractivity contribution is 5.78. The molecule has 27 heavy (non-hydrogen) atoms. The van der Waals surface area contributed by atoms with Crippen molar-refractivity contribution in [3.8, 4) is 0 Å². The Morgan fingerprint density at radius 1 is 1.22 bits per heavy atom. The molecule has 148 valence electrons. The van der Waals surface area contributed by atoms with Gasteiger partial charge < -0.3 is 14.6 Å². The van der Waals surface area contributed by atoms with Crippen LogP contribution in [0.15, 0.2) is 10.6 Å². The number of carbonyl (C=O) groups excluding carboxylic acids is 1. The zero-order valence-electron chi connectivity index (χ0n) is 17.5. The van der Waals surface area contributed by atoms with Gasteiger partial charge in [-0.05, 0) is 33.1 Å². The van der Waals surface area contributed by atoms with Crippen molar-refractivity contribution in [1.29, 1.82) is 0 Å². The molecule has 1 atom stereocenters. The van der Waals surface area contributed by atoms with Crippen LogP contribution in [0.2, 0.25) is 0 Å². The molecule has 0 aromatic carbocycles. The number of hydrogen-bond donors (Lipinski definition) is 1. The number of nitrogens with zero attached hydrogens (tertiary/aromatic N) is 4. The highest BCUT2D eigenvalue weighted by Gasteiger charge is 2.19. The van der Waals surface area contributed by atoms with Gasteiger partial charge in [0, 0.05) is 37.8 Å². The molecule has 1 amide bonds. The summed E-state index contributed by atoms with van der Waals surface area (Å²) in [4.78, 5) is 27.5. The van der Waals surface area contributed by atoms with Crippen LogP contribution in [0.5, 0.6) is 0 Å². The molecule has 2 heterocycles. The van der Waals surface area contributed by atoms with Gasteiger partial charge in [-0.1, -0.05) is 13.8 Å². The Morgan fingerprint density at radius 2 is 1.93 bits per heavy atom. The van der Waals surface area contributed by atoms with Gasteiger partial charge in [-0.15, -0.1) is 0 Å². The molecule has 0 fully saturated rings. The van der Waals surface area contributed by atoms with E-state index in [1.807, 2.05) is 27.8 Å². The van der Waals surface area contributed by atoms with Crippen LogP contribution in [0.4, 0.5) is 5.82 Å². The van der Waals surface area contributed by atoms with Crippen molar-refractivity contribution in [3.05, 3.63) is 34.9 Å². The summed E-state index contributed by atoms with van der Waals surface area (Å²) in [5.74, 6) is 3.17. The summed E-state index contributed by atoms with van der Waals surface area (Å²) in [5.41, 5.74) is 2.09. The predicted octanol–water partition coefficient (Wildman–Crippen LogP) is 2.91. The number of oxazole rings is 1. The summed E-state index contributed by atoms with van der Waals surface area (Å²) in [7, 11) is 2.03. The fourth-order valence-corrected chi connectivity index (χ4v) is 3.04. The van der Waals surface area contributed by atoms with Crippen molar-refractivity contribution in [2.75, 3.05) is 18.5 Å². The monoisotopic (exact) mass is 373 g/mol. The van der Waals surface area contributed by atoms with E-state index in [9.17, 15) is 4.79 Å². The summed E-state index contributed by atoms with van der Waals surface area (Å²) < 4.78 is 5.39. The van der Waals surface area contributed by atoms with Gasteiger partial charge in [-0.3, -0.25) is 4.79 Å². The largest absolute Gasteiger partial charge is 0.446 e. The highest BCUT2D eigenvalue weighted by Crippen LogP contribution is 2.19. The summed E-state index contributed by atoms with van der Waals surface area (Å²) in [6, 6.07) is 0.0771. The van der Waals surface area contributed by atoms with Crippen LogP contribution in [0.25, 0.3) is 0 Å². The van der Waals surface area contributed by atoms with E-state index in [4.69, 9.17) is 4.42 Å². The van der Waals surface area contributed by atoms with Gasteiger partial charge in [0.1, 0.15) is 17.4 Å². The van der Waals surface area contributed by atoms with E-state index in [0.717, 1.165) is 35.9 Å². The molecule has 1 unspecified atom stereocenters. The molecule has 0 aliphatic rings. The lowest BCUT2D eigenvalue weighted by Crippen LogP contribution is -2.41. The summed E-state index contributed by atoms with van der Waals surface area (Å²) in [6.45, 7) is 12.8. The van der Waals surface area contributed by atoms with E-state index in [-0.39, 0.29) is 18.4 Å². The molecule has 0 radical (unpaired) electrons. The number of nitrogens with one attached hydrogen (secondary N) is 1. The van der Waals surface area contributed by atoms with Gasteiger partial charge >= 0.3 is 0 Å². The van der Waals surface area contributed by atoms with Crippen molar-refractivity contribution in [2.45, 2.75) is 60.4 Å². The quantitative estimate of drug-likeness (QED) is 0.766. The lowest BCUT2D eigenvalue weighted by Gasteiger charge is -2.27. The van der Waals surface area contributed by atoms with Crippen molar-refractivity contribution in [1.82, 2.24) is 20.3 Å². The van der Waals surface area contributed by atoms with Gasteiger partial charge in [0.05, 0.1) is 12.6 Å². The standard InChI is InChI=1S/C20H31N5O2/c1-12(2)18(24-19(26)10-17-11-21-16(6)27-17)8-9-25(7)20-13(3)14(4)22-15(5)23-20/h11-12,18H,8-10H2,1-7H3,(H,24,26). The molecule has 0 aliphatic carbocycles. The Labute approximate surface area is 161 Å². The third-order valence-electron chi connectivity index (χ3n) is 4.77. The minimum atomic E-state index is -0.0441. The van der Waals surface area contributed by atoms with E-state index in [0.29, 0.717) is 17.6 Å². The maximum Gasteiger partial charge on any atom is 0.227 e. The topological polar surface area (TPSA) is 84.2 Å². The van der Waals surface area contributed by atoms with Crippen molar-refractivity contribution in [2.24, 2.45) is 5.92 Å². The average Bonchev–Trinajstić information content (AvgIpc) is 2.98. The molecule has 7 heteroatoms. The summed E-state index contributed by atoms with van der Waals surface area (Å²) in [5, 5.41) is 3.13. The van der Waals surface area contributed by atoms with Crippen LogP contribution in [0.3, 0.4) is 0 Å². The third-order valence-corrected chi connectivity index (χ3v) is 4.77. The molecule has 2 aromatic heterocycles. The first-order chi connectivity index (χ1) is 12.7.